The van der Waals surface area contributed by atoms with Gasteiger partial charge in [-0.2, -0.15) is 5.26 Å². The molecule has 0 aromatic carbocycles. The fraction of sp³-hybridized carbons (Fsp3) is 0.500. The first-order valence-corrected chi connectivity index (χ1v) is 5.73. The van der Waals surface area contributed by atoms with Gasteiger partial charge in [0.15, 0.2) is 0 Å². The van der Waals surface area contributed by atoms with Crippen molar-refractivity contribution in [2.24, 2.45) is 0 Å². The average Bonchev–Trinajstić information content (AvgIpc) is 2.38. The van der Waals surface area contributed by atoms with Gasteiger partial charge in [0.2, 0.25) is 0 Å². The molecule has 0 radical (unpaired) electrons. The summed E-state index contributed by atoms with van der Waals surface area (Å²) in [6, 6.07) is 5.75. The summed E-state index contributed by atoms with van der Waals surface area (Å²) in [6.07, 6.45) is 0.137. The van der Waals surface area contributed by atoms with Gasteiger partial charge < -0.3 is 15.4 Å². The van der Waals surface area contributed by atoms with Crippen molar-refractivity contribution in [1.29, 1.82) is 5.26 Å². The topological polar surface area (TPSA) is 70.0 Å². The molecule has 1 saturated heterocycles. The fourth-order valence-electron chi connectivity index (χ4n) is 1.74. The molecule has 2 rings (SSSR count). The summed E-state index contributed by atoms with van der Waals surface area (Å²) in [4.78, 5) is 4.32. The van der Waals surface area contributed by atoms with Gasteiger partial charge in [-0.1, -0.05) is 0 Å². The van der Waals surface area contributed by atoms with Crippen molar-refractivity contribution >= 4 is 5.82 Å². The number of pyridine rings is 1. The largest absolute Gasteiger partial charge is 0.374 e. The van der Waals surface area contributed by atoms with E-state index in [0.717, 1.165) is 25.4 Å². The highest BCUT2D eigenvalue weighted by molar-refractivity contribution is 5.52. The van der Waals surface area contributed by atoms with Crippen molar-refractivity contribution < 1.29 is 4.74 Å². The maximum atomic E-state index is 8.97. The number of morpholine rings is 1. The lowest BCUT2D eigenvalue weighted by Gasteiger charge is -2.24. The summed E-state index contributed by atoms with van der Waals surface area (Å²) < 4.78 is 5.57. The average molecular weight is 232 g/mol. The van der Waals surface area contributed by atoms with Crippen molar-refractivity contribution in [3.8, 4) is 6.07 Å². The molecule has 1 atom stereocenters. The van der Waals surface area contributed by atoms with E-state index in [1.165, 1.54) is 0 Å². The van der Waals surface area contributed by atoms with Gasteiger partial charge in [0, 0.05) is 25.3 Å². The first kappa shape index (κ1) is 11.8. The lowest BCUT2D eigenvalue weighted by Crippen LogP contribution is -2.42. The summed E-state index contributed by atoms with van der Waals surface area (Å²) >= 11 is 0. The Kier molecular flexibility index (Phi) is 3.91. The molecule has 1 aromatic heterocycles. The van der Waals surface area contributed by atoms with E-state index in [0.29, 0.717) is 17.9 Å². The predicted molar refractivity (Wildman–Crippen MR) is 64.8 cm³/mol. The van der Waals surface area contributed by atoms with E-state index in [2.05, 4.69) is 21.7 Å². The van der Waals surface area contributed by atoms with Crippen LogP contribution in [0.2, 0.25) is 0 Å². The van der Waals surface area contributed by atoms with Crippen LogP contribution in [-0.2, 0) is 4.74 Å². The molecule has 1 aliphatic heterocycles. The molecule has 0 saturated carbocycles. The zero-order valence-corrected chi connectivity index (χ0v) is 9.86. The normalized spacial score (nSPS) is 19.6. The van der Waals surface area contributed by atoms with Crippen LogP contribution >= 0.6 is 0 Å². The molecule has 90 valence electrons. The Morgan fingerprint density at radius 3 is 3.24 bits per heavy atom. The van der Waals surface area contributed by atoms with E-state index in [-0.39, 0.29) is 6.10 Å². The number of nitrogens with one attached hydrogen (secondary N) is 2. The van der Waals surface area contributed by atoms with Gasteiger partial charge in [0.25, 0.3) is 0 Å². The van der Waals surface area contributed by atoms with Gasteiger partial charge in [0.1, 0.15) is 11.9 Å². The minimum Gasteiger partial charge on any atom is -0.374 e. The molecule has 1 aliphatic rings. The molecule has 17 heavy (non-hydrogen) atoms. The summed E-state index contributed by atoms with van der Waals surface area (Å²) in [5.74, 6) is 0.640. The Morgan fingerprint density at radius 2 is 2.53 bits per heavy atom. The van der Waals surface area contributed by atoms with E-state index in [4.69, 9.17) is 10.00 Å². The number of rotatable bonds is 3. The summed E-state index contributed by atoms with van der Waals surface area (Å²) in [5.41, 5.74) is 1.47. The number of ether oxygens (including phenoxy) is 1. The highest BCUT2D eigenvalue weighted by atomic mass is 16.5. The fourth-order valence-corrected chi connectivity index (χ4v) is 1.74. The van der Waals surface area contributed by atoms with E-state index in [1.807, 2.05) is 13.0 Å². The van der Waals surface area contributed by atoms with E-state index >= 15 is 0 Å². The van der Waals surface area contributed by atoms with E-state index < -0.39 is 0 Å². The SMILES string of the molecule is Cc1ccc(C#N)c(NCC2CNCCO2)n1. The van der Waals surface area contributed by atoms with Crippen LogP contribution in [-0.4, -0.2) is 37.3 Å². The lowest BCUT2D eigenvalue weighted by atomic mass is 10.2. The van der Waals surface area contributed by atoms with Crippen LogP contribution < -0.4 is 10.6 Å². The zero-order chi connectivity index (χ0) is 12.1. The minimum absolute atomic E-state index is 0.137. The number of aryl methyl sites for hydroxylation is 1. The molecule has 0 aliphatic carbocycles. The molecule has 0 bridgehead atoms. The van der Waals surface area contributed by atoms with Gasteiger partial charge in [-0.25, -0.2) is 4.98 Å². The number of nitriles is 1. The third-order valence-electron chi connectivity index (χ3n) is 2.66. The van der Waals surface area contributed by atoms with Gasteiger partial charge in [-0.15, -0.1) is 0 Å². The van der Waals surface area contributed by atoms with Crippen molar-refractivity contribution in [1.82, 2.24) is 10.3 Å². The van der Waals surface area contributed by atoms with Crippen LogP contribution in [0.4, 0.5) is 5.82 Å². The lowest BCUT2D eigenvalue weighted by molar-refractivity contribution is 0.0372. The summed E-state index contributed by atoms with van der Waals surface area (Å²) in [7, 11) is 0. The maximum Gasteiger partial charge on any atom is 0.144 e. The predicted octanol–water partition coefficient (Wildman–Crippen LogP) is 0.662. The van der Waals surface area contributed by atoms with Crippen molar-refractivity contribution in [2.75, 3.05) is 31.6 Å². The molecule has 5 heteroatoms. The van der Waals surface area contributed by atoms with E-state index in [1.54, 1.807) is 6.07 Å². The molecule has 1 fully saturated rings. The highest BCUT2D eigenvalue weighted by Crippen LogP contribution is 2.12. The van der Waals surface area contributed by atoms with Crippen LogP contribution in [0.25, 0.3) is 0 Å². The number of hydrogen-bond acceptors (Lipinski definition) is 5. The summed E-state index contributed by atoms with van der Waals surface area (Å²) in [6.45, 7) is 5.05. The quantitative estimate of drug-likeness (QED) is 0.801. The zero-order valence-electron chi connectivity index (χ0n) is 9.86. The Labute approximate surface area is 101 Å². The Balaban J connectivity index is 1.98. The Hall–Kier alpha value is -1.64. The molecule has 2 heterocycles. The van der Waals surface area contributed by atoms with Crippen molar-refractivity contribution in [2.45, 2.75) is 13.0 Å². The van der Waals surface area contributed by atoms with Crippen LogP contribution in [0.1, 0.15) is 11.3 Å². The Morgan fingerprint density at radius 1 is 1.65 bits per heavy atom. The number of hydrogen-bond donors (Lipinski definition) is 2. The van der Waals surface area contributed by atoms with Crippen LogP contribution in [0.3, 0.4) is 0 Å². The van der Waals surface area contributed by atoms with Crippen LogP contribution in [0.5, 0.6) is 0 Å². The minimum atomic E-state index is 0.137. The molecule has 2 N–H and O–H groups in total. The van der Waals surface area contributed by atoms with Crippen molar-refractivity contribution in [3.05, 3.63) is 23.4 Å². The standard InChI is InChI=1S/C12H16N4O/c1-9-2-3-10(6-13)12(16-9)15-8-11-7-14-4-5-17-11/h2-3,11,14H,4-5,7-8H2,1H3,(H,15,16). The molecular formula is C12H16N4O. The first-order chi connectivity index (χ1) is 8.29. The van der Waals surface area contributed by atoms with E-state index in [9.17, 15) is 0 Å². The smallest absolute Gasteiger partial charge is 0.144 e. The van der Waals surface area contributed by atoms with Gasteiger partial charge in [0.05, 0.1) is 18.3 Å². The molecule has 5 nitrogen and oxygen atoms in total. The van der Waals surface area contributed by atoms with Crippen LogP contribution in [0, 0.1) is 18.3 Å². The maximum absolute atomic E-state index is 8.97. The monoisotopic (exact) mass is 232 g/mol. The molecule has 0 spiro atoms. The second kappa shape index (κ2) is 5.62. The molecule has 0 amide bonds. The second-order valence-electron chi connectivity index (χ2n) is 4.04. The van der Waals surface area contributed by atoms with Gasteiger partial charge in [-0.3, -0.25) is 0 Å². The van der Waals surface area contributed by atoms with Crippen LogP contribution in [0.15, 0.2) is 12.1 Å². The number of nitrogens with zero attached hydrogens (tertiary/aromatic N) is 2. The molecular weight excluding hydrogens is 216 g/mol. The Bertz CT molecular complexity index is 421. The number of aromatic nitrogens is 1. The molecule has 1 aromatic rings. The second-order valence-corrected chi connectivity index (χ2v) is 4.04. The van der Waals surface area contributed by atoms with Gasteiger partial charge in [-0.05, 0) is 19.1 Å². The third-order valence-corrected chi connectivity index (χ3v) is 2.66. The van der Waals surface area contributed by atoms with Crippen molar-refractivity contribution in [3.63, 3.8) is 0 Å². The highest BCUT2D eigenvalue weighted by Gasteiger charge is 2.13. The van der Waals surface area contributed by atoms with Gasteiger partial charge >= 0.3 is 0 Å². The third kappa shape index (κ3) is 3.16. The number of anilines is 1. The summed E-state index contributed by atoms with van der Waals surface area (Å²) in [5, 5.41) is 15.4. The first-order valence-electron chi connectivity index (χ1n) is 5.73. The molecule has 1 unspecified atom stereocenters.